The molecular formula is C11H13N3O6. The smallest absolute Gasteiger partial charge is 0.408 e. The maximum Gasteiger partial charge on any atom is 0.408 e. The van der Waals surface area contributed by atoms with Crippen molar-refractivity contribution in [2.24, 2.45) is 5.28 Å². The van der Waals surface area contributed by atoms with Gasteiger partial charge in [0.25, 0.3) is 0 Å². The first-order chi connectivity index (χ1) is 9.52. The van der Waals surface area contributed by atoms with Crippen LogP contribution in [0.25, 0.3) is 0 Å². The van der Waals surface area contributed by atoms with Crippen LogP contribution < -0.4 is 5.32 Å². The molecule has 9 heteroatoms. The molecule has 0 saturated heterocycles. The number of carbonyl (C=O) groups excluding carboxylic acids is 1. The monoisotopic (exact) mass is 283 g/mol. The van der Waals surface area contributed by atoms with Gasteiger partial charge in [-0.2, -0.15) is 0 Å². The van der Waals surface area contributed by atoms with E-state index in [-0.39, 0.29) is 11.5 Å². The first-order valence-corrected chi connectivity index (χ1v) is 5.52. The summed E-state index contributed by atoms with van der Waals surface area (Å²) in [7, 11) is 0. The van der Waals surface area contributed by atoms with E-state index >= 15 is 0 Å². The maximum atomic E-state index is 11.4. The number of nitrogens with zero attached hydrogens (tertiary/aromatic N) is 2. The Kier molecular flexibility index (Phi) is 5.75. The molecule has 0 saturated carbocycles. The summed E-state index contributed by atoms with van der Waals surface area (Å²) in [6.45, 7) is -0.781. The zero-order valence-corrected chi connectivity index (χ0v) is 10.3. The summed E-state index contributed by atoms with van der Waals surface area (Å²) >= 11 is 0. The number of hydrogen-bond donors (Lipinski definition) is 3. The number of hydrogen-bond acceptors (Lipinski definition) is 5. The van der Waals surface area contributed by atoms with Gasteiger partial charge in [-0.3, -0.25) is 0 Å². The molecule has 1 aromatic carbocycles. The second-order valence-electron chi connectivity index (χ2n) is 3.72. The van der Waals surface area contributed by atoms with Crippen LogP contribution in [0.1, 0.15) is 5.56 Å². The molecule has 0 radical (unpaired) electrons. The van der Waals surface area contributed by atoms with E-state index < -0.39 is 24.6 Å². The van der Waals surface area contributed by atoms with E-state index in [0.717, 1.165) is 5.56 Å². The molecule has 0 aliphatic carbocycles. The van der Waals surface area contributed by atoms with Crippen molar-refractivity contribution >= 4 is 12.1 Å². The van der Waals surface area contributed by atoms with Crippen LogP contribution in [0.2, 0.25) is 0 Å². The van der Waals surface area contributed by atoms with E-state index in [0.29, 0.717) is 0 Å². The maximum absolute atomic E-state index is 11.4. The highest BCUT2D eigenvalue weighted by atomic mass is 16.6. The molecule has 1 amide bonds. The molecule has 0 spiro atoms. The normalized spacial score (nSPS) is 12.5. The van der Waals surface area contributed by atoms with Gasteiger partial charge in [-0.05, 0) is 5.56 Å². The third-order valence-electron chi connectivity index (χ3n) is 2.24. The number of ether oxygens (including phenoxy) is 1. The minimum atomic E-state index is -1.55. The Bertz CT molecular complexity index is 490. The highest BCUT2D eigenvalue weighted by Gasteiger charge is 2.25. The summed E-state index contributed by atoms with van der Waals surface area (Å²) in [5, 5.41) is 31.9. The van der Waals surface area contributed by atoms with Crippen LogP contribution in [0.3, 0.4) is 0 Å². The van der Waals surface area contributed by atoms with E-state index in [1.165, 1.54) is 0 Å². The molecule has 0 fully saturated rings. The van der Waals surface area contributed by atoms with Crippen molar-refractivity contribution in [1.82, 2.24) is 5.32 Å². The number of nitrogens with one attached hydrogen (secondary N) is 1. The lowest BCUT2D eigenvalue weighted by Crippen LogP contribution is -2.45. The Morgan fingerprint density at radius 3 is 2.60 bits per heavy atom. The molecule has 0 aromatic heterocycles. The topological polar surface area (TPSA) is 134 Å². The third kappa shape index (κ3) is 5.21. The van der Waals surface area contributed by atoms with Crippen LogP contribution in [0, 0.1) is 5.21 Å². The average molecular weight is 283 g/mol. The van der Waals surface area contributed by atoms with Crippen LogP contribution in [0.4, 0.5) is 4.79 Å². The Morgan fingerprint density at radius 2 is 2.05 bits per heavy atom. The van der Waals surface area contributed by atoms with Crippen molar-refractivity contribution in [1.29, 1.82) is 0 Å². The fourth-order valence-electron chi connectivity index (χ4n) is 1.29. The standard InChI is InChI=1S/C11H13N3O6/c15-10(16)9(6-14(19)13-18)12-11(17)20-7-8-4-2-1-3-5-8/h1-5,9,18H,6-7H2,(H,12,17)(H,15,16). The summed E-state index contributed by atoms with van der Waals surface area (Å²) in [4.78, 5) is 21.9. The molecule has 1 aromatic rings. The van der Waals surface area contributed by atoms with Crippen LogP contribution in [0.15, 0.2) is 35.6 Å². The highest BCUT2D eigenvalue weighted by Crippen LogP contribution is 2.00. The number of carbonyl (C=O) groups is 2. The van der Waals surface area contributed by atoms with E-state index in [1.54, 1.807) is 30.3 Å². The average Bonchev–Trinajstić information content (AvgIpc) is 2.45. The fraction of sp³-hybridized carbons (Fsp3) is 0.273. The molecule has 1 unspecified atom stereocenters. The summed E-state index contributed by atoms with van der Waals surface area (Å²) in [6.07, 6.45) is -0.993. The predicted molar refractivity (Wildman–Crippen MR) is 63.9 cm³/mol. The molecule has 0 bridgehead atoms. The lowest BCUT2D eigenvalue weighted by atomic mass is 10.2. The number of amides is 1. The summed E-state index contributed by atoms with van der Waals surface area (Å²) in [6, 6.07) is 7.22. The number of benzene rings is 1. The quantitative estimate of drug-likeness (QED) is 0.400. The molecule has 0 aliphatic rings. The van der Waals surface area contributed by atoms with E-state index in [4.69, 9.17) is 15.1 Å². The zero-order valence-electron chi connectivity index (χ0n) is 10.3. The van der Waals surface area contributed by atoms with E-state index in [2.05, 4.69) is 5.28 Å². The molecule has 0 aliphatic heterocycles. The van der Waals surface area contributed by atoms with Crippen molar-refractivity contribution in [3.8, 4) is 0 Å². The van der Waals surface area contributed by atoms with Crippen LogP contribution in [0.5, 0.6) is 0 Å². The minimum Gasteiger partial charge on any atom is -0.597 e. The van der Waals surface area contributed by atoms with E-state index in [1.807, 2.05) is 5.32 Å². The Balaban J connectivity index is 2.48. The van der Waals surface area contributed by atoms with Crippen LogP contribution in [-0.4, -0.2) is 39.8 Å². The summed E-state index contributed by atoms with van der Waals surface area (Å²) < 4.78 is 4.80. The van der Waals surface area contributed by atoms with Crippen LogP contribution >= 0.6 is 0 Å². The molecular weight excluding hydrogens is 270 g/mol. The van der Waals surface area contributed by atoms with Gasteiger partial charge in [0.2, 0.25) is 6.54 Å². The number of carboxylic acids is 1. The van der Waals surface area contributed by atoms with Gasteiger partial charge in [0.05, 0.1) is 0 Å². The molecule has 108 valence electrons. The Hall–Kier alpha value is -2.84. The number of aliphatic carboxylic acids is 1. The van der Waals surface area contributed by atoms with Gasteiger partial charge in [0.1, 0.15) is 6.61 Å². The summed E-state index contributed by atoms with van der Waals surface area (Å²) in [5.74, 6) is -1.45. The Morgan fingerprint density at radius 1 is 1.40 bits per heavy atom. The third-order valence-corrected chi connectivity index (χ3v) is 2.24. The van der Waals surface area contributed by atoms with Crippen molar-refractivity contribution < 1.29 is 29.5 Å². The second kappa shape index (κ2) is 7.56. The number of carboxylic acid groups (broad SMARTS) is 1. The SMILES string of the molecule is O=C(NC(C[N+]([O-])=NO)C(=O)O)OCc1ccccc1. The van der Waals surface area contributed by atoms with Crippen molar-refractivity contribution in [2.45, 2.75) is 12.6 Å². The van der Waals surface area contributed by atoms with Gasteiger partial charge in [-0.15, -0.1) is 0 Å². The van der Waals surface area contributed by atoms with Gasteiger partial charge in [-0.25, -0.2) is 9.59 Å². The first-order valence-electron chi connectivity index (χ1n) is 5.52. The number of rotatable bonds is 6. The largest absolute Gasteiger partial charge is 0.597 e. The molecule has 1 rings (SSSR count). The lowest BCUT2D eigenvalue weighted by molar-refractivity contribution is -0.556. The first kappa shape index (κ1) is 15.2. The number of hydroxylamine groups is 1. The zero-order chi connectivity index (χ0) is 15.0. The fourth-order valence-corrected chi connectivity index (χ4v) is 1.29. The number of alkyl carbamates (subject to hydrolysis) is 1. The van der Waals surface area contributed by atoms with Gasteiger partial charge in [-0.1, -0.05) is 35.2 Å². The Labute approximate surface area is 113 Å². The van der Waals surface area contributed by atoms with Gasteiger partial charge in [0.15, 0.2) is 11.3 Å². The van der Waals surface area contributed by atoms with Crippen molar-refractivity contribution in [3.63, 3.8) is 0 Å². The molecule has 0 heterocycles. The highest BCUT2D eigenvalue weighted by molar-refractivity contribution is 5.79. The van der Waals surface area contributed by atoms with E-state index in [9.17, 15) is 14.8 Å². The van der Waals surface area contributed by atoms with Gasteiger partial charge >= 0.3 is 12.1 Å². The minimum absolute atomic E-state index is 0.0372. The molecule has 20 heavy (non-hydrogen) atoms. The second-order valence-corrected chi connectivity index (χ2v) is 3.72. The predicted octanol–water partition coefficient (Wildman–Crippen LogP) is 0.718. The molecule has 9 nitrogen and oxygen atoms in total. The van der Waals surface area contributed by atoms with Crippen LogP contribution in [-0.2, 0) is 16.1 Å². The summed E-state index contributed by atoms with van der Waals surface area (Å²) in [5.41, 5.74) is 0.727. The van der Waals surface area contributed by atoms with Crippen molar-refractivity contribution in [3.05, 3.63) is 41.1 Å². The van der Waals surface area contributed by atoms with Gasteiger partial charge in [0, 0.05) is 0 Å². The molecule has 1 atom stereocenters. The lowest BCUT2D eigenvalue weighted by Gasteiger charge is -2.12. The van der Waals surface area contributed by atoms with Gasteiger partial charge < -0.3 is 25.6 Å². The van der Waals surface area contributed by atoms with Crippen molar-refractivity contribution in [2.75, 3.05) is 6.54 Å². The molecule has 3 N–H and O–H groups in total.